The minimum atomic E-state index is 0.0152. The molecule has 2 aliphatic heterocycles. The largest absolute Gasteiger partial charge is 0.384 e. The van der Waals surface area contributed by atoms with E-state index in [1.54, 1.807) is 0 Å². The highest BCUT2D eigenvalue weighted by molar-refractivity contribution is 6.01. The number of rotatable bonds is 5. The lowest BCUT2D eigenvalue weighted by atomic mass is 10.0. The summed E-state index contributed by atoms with van der Waals surface area (Å²) in [6, 6.07) is 42.2. The average Bonchev–Trinajstić information content (AvgIpc) is 4.02. The number of fused-ring (bicyclic) bond motifs is 8. The highest BCUT2D eigenvalue weighted by Crippen LogP contribution is 2.38. The molecule has 0 spiro atoms. The minimum absolute atomic E-state index is 0.0152. The lowest BCUT2D eigenvalue weighted by Crippen LogP contribution is -2.10. The van der Waals surface area contributed by atoms with E-state index in [1.165, 1.54) is 16.7 Å². The Morgan fingerprint density at radius 1 is 0.444 bits per heavy atom. The first-order valence-corrected chi connectivity index (χ1v) is 18.1. The fourth-order valence-electron chi connectivity index (χ4n) is 7.42. The molecule has 0 fully saturated rings. The van der Waals surface area contributed by atoms with Gasteiger partial charge >= 0.3 is 0 Å². The summed E-state index contributed by atoms with van der Waals surface area (Å²) in [5, 5.41) is 8.21. The highest BCUT2D eigenvalue weighted by Gasteiger charge is 2.19. The van der Waals surface area contributed by atoms with Crippen LogP contribution in [0.3, 0.4) is 0 Å². The normalized spacial score (nSPS) is 12.0. The van der Waals surface area contributed by atoms with Gasteiger partial charge in [0.1, 0.15) is 5.84 Å². The molecule has 0 amide bonds. The Morgan fingerprint density at radius 2 is 0.778 bits per heavy atom. The van der Waals surface area contributed by atoms with Crippen LogP contribution in [-0.4, -0.2) is 25.8 Å². The van der Waals surface area contributed by atoms with Gasteiger partial charge in [-0.25, -0.2) is 9.97 Å². The molecule has 3 aromatic heterocycles. The van der Waals surface area contributed by atoms with E-state index in [9.17, 15) is 0 Å². The lowest BCUT2D eigenvalue weighted by Gasteiger charge is -2.08. The third kappa shape index (κ3) is 5.94. The number of hydrogen-bond acceptors (Lipinski definition) is 3. The zero-order chi connectivity index (χ0) is 36.9. The molecule has 7 aromatic rings. The zero-order valence-corrected chi connectivity index (χ0v) is 30.3. The van der Waals surface area contributed by atoms with Gasteiger partial charge in [0.05, 0.1) is 22.8 Å². The molecule has 0 atom stereocenters. The Kier molecular flexibility index (Phi) is 8.01. The van der Waals surface area contributed by atoms with Crippen molar-refractivity contribution >= 4 is 52.2 Å². The summed E-state index contributed by atoms with van der Waals surface area (Å²) in [5.41, 5.74) is 25.4. The average molecular weight is 699 g/mol. The molecule has 6 nitrogen and oxygen atoms in total. The summed E-state index contributed by atoms with van der Waals surface area (Å²) >= 11 is 0. The first-order valence-electron chi connectivity index (χ1n) is 18.1. The number of benzene rings is 4. The molecule has 54 heavy (non-hydrogen) atoms. The highest BCUT2D eigenvalue weighted by atomic mass is 14.8. The predicted molar refractivity (Wildman–Crippen MR) is 226 cm³/mol. The summed E-state index contributed by atoms with van der Waals surface area (Å²) < 4.78 is 0. The molecule has 0 saturated carbocycles. The summed E-state index contributed by atoms with van der Waals surface area (Å²) in [6.07, 6.45) is 8.43. The van der Waals surface area contributed by atoms with Gasteiger partial charge in [0.15, 0.2) is 0 Å². The van der Waals surface area contributed by atoms with Crippen molar-refractivity contribution in [3.63, 3.8) is 0 Å². The van der Waals surface area contributed by atoms with Crippen molar-refractivity contribution in [2.24, 2.45) is 5.73 Å². The Hall–Kier alpha value is -7.05. The number of aryl methyl sites for hydroxylation is 3. The van der Waals surface area contributed by atoms with Crippen molar-refractivity contribution in [1.82, 2.24) is 19.9 Å². The molecule has 260 valence electrons. The zero-order valence-electron chi connectivity index (χ0n) is 30.3. The van der Waals surface area contributed by atoms with Gasteiger partial charge in [-0.1, -0.05) is 108 Å². The van der Waals surface area contributed by atoms with Gasteiger partial charge in [0.2, 0.25) is 0 Å². The van der Waals surface area contributed by atoms with Crippen molar-refractivity contribution in [1.29, 1.82) is 5.41 Å². The molecule has 0 aliphatic carbocycles. The molecule has 0 saturated heterocycles. The number of nitrogens with one attached hydrogen (secondary N) is 3. The molecule has 5 N–H and O–H groups in total. The van der Waals surface area contributed by atoms with Gasteiger partial charge in [-0.15, -0.1) is 0 Å². The third-order valence-electron chi connectivity index (χ3n) is 10.2. The van der Waals surface area contributed by atoms with Gasteiger partial charge in [0.25, 0.3) is 0 Å². The summed E-state index contributed by atoms with van der Waals surface area (Å²) in [7, 11) is 0. The molecule has 9 rings (SSSR count). The second kappa shape index (κ2) is 13.2. The molecule has 4 aromatic carbocycles. The van der Waals surface area contributed by atoms with Crippen molar-refractivity contribution in [3.05, 3.63) is 166 Å². The Balaban J connectivity index is 1.47. The number of aromatic amines is 2. The Morgan fingerprint density at radius 3 is 1.11 bits per heavy atom. The van der Waals surface area contributed by atoms with Crippen LogP contribution in [0.4, 0.5) is 0 Å². The van der Waals surface area contributed by atoms with Crippen LogP contribution in [0, 0.1) is 26.2 Å². The van der Waals surface area contributed by atoms with Crippen LogP contribution in [0.2, 0.25) is 0 Å². The number of H-pyrrole nitrogens is 2. The van der Waals surface area contributed by atoms with Crippen LogP contribution in [0.5, 0.6) is 0 Å². The van der Waals surface area contributed by atoms with Crippen molar-refractivity contribution in [2.45, 2.75) is 20.8 Å². The molecule has 2 aliphatic rings. The van der Waals surface area contributed by atoms with E-state index >= 15 is 0 Å². The smallest absolute Gasteiger partial charge is 0.122 e. The first kappa shape index (κ1) is 32.8. The Labute approximate surface area is 314 Å². The summed E-state index contributed by atoms with van der Waals surface area (Å²) in [5.74, 6) is 0.0152. The van der Waals surface area contributed by atoms with Gasteiger partial charge < -0.3 is 15.7 Å². The topological polar surface area (TPSA) is 107 Å². The first-order chi connectivity index (χ1) is 26.3. The van der Waals surface area contributed by atoms with Gasteiger partial charge in [-0.3, -0.25) is 5.41 Å². The van der Waals surface area contributed by atoms with E-state index in [0.717, 1.165) is 89.4 Å². The van der Waals surface area contributed by atoms with E-state index < -0.39 is 0 Å². The van der Waals surface area contributed by atoms with Crippen LogP contribution < -0.4 is 5.73 Å². The second-order valence-corrected chi connectivity index (χ2v) is 14.1. The maximum absolute atomic E-state index is 8.21. The lowest BCUT2D eigenvalue weighted by molar-refractivity contribution is 1.31. The summed E-state index contributed by atoms with van der Waals surface area (Å²) in [6.45, 7) is 6.32. The van der Waals surface area contributed by atoms with E-state index in [1.807, 2.05) is 18.2 Å². The molecule has 0 unspecified atom stereocenters. The third-order valence-corrected chi connectivity index (χ3v) is 10.2. The SMILES string of the molecule is Cc1ccc(-c2c3nc(c(-c4ccc(C)cc4)c4ccc([nH]4)c(-c4cccc(C(=N)N)c4)c4nc(c(-c5ccc(C)cc5)c5ccc2[nH]5)C=C4)C=C3)cc1. The standard InChI is InChI=1S/C48H38N6/c1-28-7-13-31(14-8-28)44-36-19-21-38(51-36)45(32-15-9-29(2)10-16-32)40-23-25-42(53-40)47(34-5-4-6-35(27-34)48(49)50)43-26-24-41(54-43)46(39-22-20-37(44)52-39)33-17-11-30(3)12-18-33/h4-27,51,54H,1-3H3,(H3,49,50). The van der Waals surface area contributed by atoms with Crippen LogP contribution in [-0.2, 0) is 0 Å². The van der Waals surface area contributed by atoms with E-state index in [2.05, 4.69) is 158 Å². The predicted octanol–water partition coefficient (Wildman–Crippen LogP) is 11.5. The minimum Gasteiger partial charge on any atom is -0.384 e. The maximum Gasteiger partial charge on any atom is 0.122 e. The number of nitrogens with two attached hydrogens (primary N) is 1. The monoisotopic (exact) mass is 698 g/mol. The van der Waals surface area contributed by atoms with Gasteiger partial charge in [-0.2, -0.15) is 0 Å². The van der Waals surface area contributed by atoms with E-state index in [-0.39, 0.29) is 5.84 Å². The van der Waals surface area contributed by atoms with Crippen molar-refractivity contribution < 1.29 is 0 Å². The fraction of sp³-hybridized carbons (Fsp3) is 0.0625. The number of aromatic nitrogens is 4. The number of nitrogen functional groups attached to an aromatic ring is 1. The summed E-state index contributed by atoms with van der Waals surface area (Å²) in [4.78, 5) is 18.4. The van der Waals surface area contributed by atoms with Crippen molar-refractivity contribution in [3.8, 4) is 44.5 Å². The van der Waals surface area contributed by atoms with Gasteiger partial charge in [-0.05, 0) is 97.7 Å². The van der Waals surface area contributed by atoms with Crippen LogP contribution >= 0.6 is 0 Å². The molecular formula is C48H38N6. The molecule has 5 heterocycles. The molecule has 6 heteroatoms. The van der Waals surface area contributed by atoms with Crippen molar-refractivity contribution in [2.75, 3.05) is 0 Å². The molecular weight excluding hydrogens is 661 g/mol. The number of nitrogens with zero attached hydrogens (tertiary/aromatic N) is 2. The quantitative estimate of drug-likeness (QED) is 0.106. The number of amidine groups is 1. The fourth-order valence-corrected chi connectivity index (χ4v) is 7.42. The molecule has 0 radical (unpaired) electrons. The van der Waals surface area contributed by atoms with Crippen LogP contribution in [0.1, 0.15) is 45.0 Å². The van der Waals surface area contributed by atoms with E-state index in [0.29, 0.717) is 5.56 Å². The van der Waals surface area contributed by atoms with Gasteiger partial charge in [0, 0.05) is 49.9 Å². The molecule has 8 bridgehead atoms. The Bertz CT molecular complexity index is 2810. The number of hydrogen-bond donors (Lipinski definition) is 4. The maximum atomic E-state index is 8.21. The van der Waals surface area contributed by atoms with Crippen LogP contribution in [0.15, 0.2) is 121 Å². The van der Waals surface area contributed by atoms with Crippen LogP contribution in [0.25, 0.3) is 90.9 Å². The second-order valence-electron chi connectivity index (χ2n) is 14.1. The van der Waals surface area contributed by atoms with E-state index in [4.69, 9.17) is 21.1 Å².